The van der Waals surface area contributed by atoms with Crippen LogP contribution in [-0.2, 0) is 0 Å². The first-order valence-corrected chi connectivity index (χ1v) is 10.3. The molecular weight excluding hydrogens is 463 g/mol. The van der Waals surface area contributed by atoms with Crippen molar-refractivity contribution >= 4 is 40.0 Å². The average molecular weight is 482 g/mol. The van der Waals surface area contributed by atoms with Gasteiger partial charge in [0.15, 0.2) is 23.3 Å². The molecule has 0 atom stereocenters. The maximum atomic E-state index is 15.0. The Bertz CT molecular complexity index is 1360. The Morgan fingerprint density at radius 2 is 1.91 bits per heavy atom. The number of carbonyl (C=O) groups is 1. The van der Waals surface area contributed by atoms with E-state index in [1.165, 1.54) is 0 Å². The number of halogens is 4. The summed E-state index contributed by atoms with van der Waals surface area (Å²) in [6.07, 6.45) is 0.838. The molecule has 0 saturated carbocycles. The summed E-state index contributed by atoms with van der Waals surface area (Å²) in [5.41, 5.74) is 3.77. The van der Waals surface area contributed by atoms with Crippen molar-refractivity contribution < 1.29 is 23.1 Å². The topological polar surface area (TPSA) is 113 Å². The number of aromatic carboxylic acids is 1. The molecule has 1 fully saturated rings. The minimum absolute atomic E-state index is 0.0647. The second-order valence-electron chi connectivity index (χ2n) is 8.05. The van der Waals surface area contributed by atoms with Crippen LogP contribution in [0, 0.1) is 17.5 Å². The van der Waals surface area contributed by atoms with Gasteiger partial charge in [0, 0.05) is 37.4 Å². The largest absolute Gasteiger partial charge is 0.477 e. The number of nitrogens with two attached hydrogens (primary N) is 1. The van der Waals surface area contributed by atoms with Crippen LogP contribution < -0.4 is 21.4 Å². The van der Waals surface area contributed by atoms with Crippen LogP contribution in [0.25, 0.3) is 16.7 Å². The molecule has 174 valence electrons. The predicted octanol–water partition coefficient (Wildman–Crippen LogP) is 3.12. The van der Waals surface area contributed by atoms with Crippen LogP contribution in [0.4, 0.5) is 24.7 Å². The number of nitrogens with zero attached hydrogens (tertiary/aromatic N) is 3. The molecule has 0 radical (unpaired) electrons. The van der Waals surface area contributed by atoms with E-state index in [2.05, 4.69) is 10.3 Å². The predicted molar refractivity (Wildman–Crippen MR) is 118 cm³/mol. The van der Waals surface area contributed by atoms with E-state index in [1.54, 1.807) is 18.7 Å². The molecule has 3 aromatic rings. The van der Waals surface area contributed by atoms with Crippen molar-refractivity contribution in [3.05, 3.63) is 56.6 Å². The van der Waals surface area contributed by atoms with Gasteiger partial charge < -0.3 is 21.1 Å². The van der Waals surface area contributed by atoms with Gasteiger partial charge in [0.2, 0.25) is 5.43 Å². The van der Waals surface area contributed by atoms with Gasteiger partial charge in [-0.05, 0) is 19.9 Å². The lowest BCUT2D eigenvalue weighted by Crippen LogP contribution is -2.56. The van der Waals surface area contributed by atoms with E-state index >= 15 is 0 Å². The molecule has 0 amide bonds. The number of nitrogens with one attached hydrogen (secondary N) is 1. The maximum Gasteiger partial charge on any atom is 0.341 e. The number of fused-ring (bicyclic) bond motifs is 1. The third-order valence-corrected chi connectivity index (χ3v) is 5.54. The molecule has 0 bridgehead atoms. The third kappa shape index (κ3) is 3.87. The molecule has 12 heteroatoms. The van der Waals surface area contributed by atoms with Crippen molar-refractivity contribution in [2.75, 3.05) is 23.3 Å². The van der Waals surface area contributed by atoms with Gasteiger partial charge in [-0.3, -0.25) is 9.36 Å². The summed E-state index contributed by atoms with van der Waals surface area (Å²) < 4.78 is 45.0. The first-order valence-electron chi connectivity index (χ1n) is 9.93. The molecule has 2 aromatic heterocycles. The quantitative estimate of drug-likeness (QED) is 0.513. The second-order valence-corrected chi connectivity index (χ2v) is 8.43. The summed E-state index contributed by atoms with van der Waals surface area (Å²) in [4.78, 5) is 30.0. The molecule has 4 rings (SSSR count). The number of carboxylic acids is 1. The summed E-state index contributed by atoms with van der Waals surface area (Å²) in [6, 6.07) is 0.962. The van der Waals surface area contributed by atoms with E-state index < -0.39 is 45.6 Å². The van der Waals surface area contributed by atoms with E-state index in [-0.39, 0.29) is 34.1 Å². The number of carboxylic acid groups (broad SMARTS) is 1. The molecule has 4 N–H and O–H groups in total. The van der Waals surface area contributed by atoms with Crippen molar-refractivity contribution in [2.24, 2.45) is 5.73 Å². The van der Waals surface area contributed by atoms with Crippen LogP contribution in [0.2, 0.25) is 5.02 Å². The van der Waals surface area contributed by atoms with Crippen molar-refractivity contribution in [1.82, 2.24) is 9.55 Å². The highest BCUT2D eigenvalue weighted by Gasteiger charge is 2.31. The summed E-state index contributed by atoms with van der Waals surface area (Å²) in [5, 5.41) is 11.6. The Hall–Kier alpha value is -3.31. The van der Waals surface area contributed by atoms with E-state index in [4.69, 9.17) is 17.3 Å². The van der Waals surface area contributed by atoms with Crippen LogP contribution in [0.3, 0.4) is 0 Å². The first-order chi connectivity index (χ1) is 15.5. The Balaban J connectivity index is 2.09. The normalized spacial score (nSPS) is 14.1. The summed E-state index contributed by atoms with van der Waals surface area (Å²) in [7, 11) is 0. The van der Waals surface area contributed by atoms with E-state index in [1.807, 2.05) is 0 Å². The van der Waals surface area contributed by atoms with Gasteiger partial charge in [-0.2, -0.15) is 0 Å². The summed E-state index contributed by atoms with van der Waals surface area (Å²) in [5.74, 6) is -5.41. The molecule has 8 nitrogen and oxygen atoms in total. The number of aromatic nitrogens is 2. The fourth-order valence-electron chi connectivity index (χ4n) is 3.71. The minimum atomic E-state index is -1.62. The number of hydrogen-bond acceptors (Lipinski definition) is 6. The number of pyridine rings is 2. The van der Waals surface area contributed by atoms with Crippen molar-refractivity contribution in [2.45, 2.75) is 25.9 Å². The Morgan fingerprint density at radius 3 is 2.48 bits per heavy atom. The van der Waals surface area contributed by atoms with Gasteiger partial charge >= 0.3 is 5.97 Å². The van der Waals surface area contributed by atoms with Crippen molar-refractivity contribution in [1.29, 1.82) is 0 Å². The van der Waals surface area contributed by atoms with Crippen molar-refractivity contribution in [3.8, 4) is 5.82 Å². The monoisotopic (exact) mass is 481 g/mol. The summed E-state index contributed by atoms with van der Waals surface area (Å²) in [6.45, 7) is 4.02. The van der Waals surface area contributed by atoms with Crippen LogP contribution in [0.1, 0.15) is 24.2 Å². The van der Waals surface area contributed by atoms with Gasteiger partial charge in [0.05, 0.1) is 21.6 Å². The number of anilines is 2. The van der Waals surface area contributed by atoms with Gasteiger partial charge in [-0.25, -0.2) is 22.9 Å². The van der Waals surface area contributed by atoms with Crippen LogP contribution in [0.5, 0.6) is 0 Å². The fraction of sp³-hybridized carbons (Fsp3) is 0.286. The minimum Gasteiger partial charge on any atom is -0.477 e. The molecule has 33 heavy (non-hydrogen) atoms. The van der Waals surface area contributed by atoms with Gasteiger partial charge in [0.1, 0.15) is 11.4 Å². The standard InChI is InChI=1S/C21H19ClF3N5O3/c1-8(2)27-19-13(24)4-14(25)20(28-19)30-7-11(21(32)33)18(31)10-3-12(23)17(15(22)16(10)30)29-5-9(26)6-29/h3-4,7-9H,5-6,26H2,1-2H3,(H,27,28)(H,32,33). The highest BCUT2D eigenvalue weighted by molar-refractivity contribution is 6.38. The maximum absolute atomic E-state index is 15.0. The van der Waals surface area contributed by atoms with Crippen LogP contribution in [-0.4, -0.2) is 45.8 Å². The fourth-order valence-corrected chi connectivity index (χ4v) is 4.11. The van der Waals surface area contributed by atoms with Crippen LogP contribution in [0.15, 0.2) is 23.1 Å². The molecule has 0 unspecified atom stereocenters. The van der Waals surface area contributed by atoms with Gasteiger partial charge in [-0.1, -0.05) is 11.6 Å². The molecule has 1 saturated heterocycles. The lowest BCUT2D eigenvalue weighted by molar-refractivity contribution is 0.0695. The number of hydrogen-bond donors (Lipinski definition) is 3. The highest BCUT2D eigenvalue weighted by Crippen LogP contribution is 2.38. The Labute approximate surface area is 190 Å². The molecule has 0 aliphatic carbocycles. The lowest BCUT2D eigenvalue weighted by atomic mass is 10.1. The van der Waals surface area contributed by atoms with Crippen LogP contribution >= 0.6 is 11.6 Å². The Morgan fingerprint density at radius 1 is 1.24 bits per heavy atom. The van der Waals surface area contributed by atoms with E-state index in [0.29, 0.717) is 19.2 Å². The smallest absolute Gasteiger partial charge is 0.341 e. The molecule has 1 aliphatic heterocycles. The zero-order chi connectivity index (χ0) is 24.2. The molecule has 1 aliphatic rings. The number of benzene rings is 1. The zero-order valence-electron chi connectivity index (χ0n) is 17.5. The van der Waals surface area contributed by atoms with Crippen molar-refractivity contribution in [3.63, 3.8) is 0 Å². The van der Waals surface area contributed by atoms with Gasteiger partial charge in [0.25, 0.3) is 0 Å². The van der Waals surface area contributed by atoms with E-state index in [0.717, 1.165) is 16.8 Å². The lowest BCUT2D eigenvalue weighted by Gasteiger charge is -2.39. The second kappa shape index (κ2) is 8.23. The van der Waals surface area contributed by atoms with E-state index in [9.17, 15) is 27.9 Å². The third-order valence-electron chi connectivity index (χ3n) is 5.18. The molecular formula is C21H19ClF3N5O3. The molecule has 3 heterocycles. The average Bonchev–Trinajstić information content (AvgIpc) is 2.69. The zero-order valence-corrected chi connectivity index (χ0v) is 18.3. The summed E-state index contributed by atoms with van der Waals surface area (Å²) >= 11 is 6.50. The highest BCUT2D eigenvalue weighted by atomic mass is 35.5. The molecule has 1 aromatic carbocycles. The first kappa shape index (κ1) is 22.9. The molecule has 0 spiro atoms. The Kier molecular flexibility index (Phi) is 5.71. The van der Waals surface area contributed by atoms with Gasteiger partial charge in [-0.15, -0.1) is 0 Å². The SMILES string of the molecule is CC(C)Nc1nc(-n2cc(C(=O)O)c(=O)c3cc(F)c(N4CC(N)C4)c(Cl)c32)c(F)cc1F. The number of rotatable bonds is 5.